The Bertz CT molecular complexity index is 445. The molecule has 6 nitrogen and oxygen atoms in total. The van der Waals surface area contributed by atoms with Crippen LogP contribution in [0.25, 0.3) is 0 Å². The van der Waals surface area contributed by atoms with Gasteiger partial charge in [0, 0.05) is 25.8 Å². The molecule has 0 aliphatic carbocycles. The molecule has 1 aromatic heterocycles. The molecule has 6 heteroatoms. The SMILES string of the molecule is CCCCNc1nccc(N2CCC(C(=O)O)CC2)n1. The summed E-state index contributed by atoms with van der Waals surface area (Å²) in [4.78, 5) is 21.8. The molecule has 1 saturated heterocycles. The van der Waals surface area contributed by atoms with Crippen LogP contribution < -0.4 is 10.2 Å². The minimum atomic E-state index is -0.686. The number of nitrogens with one attached hydrogen (secondary N) is 1. The summed E-state index contributed by atoms with van der Waals surface area (Å²) < 4.78 is 0. The maximum Gasteiger partial charge on any atom is 0.306 e. The highest BCUT2D eigenvalue weighted by Crippen LogP contribution is 2.22. The van der Waals surface area contributed by atoms with Crippen LogP contribution in [-0.4, -0.2) is 40.7 Å². The normalized spacial score (nSPS) is 16.1. The highest BCUT2D eigenvalue weighted by atomic mass is 16.4. The van der Waals surface area contributed by atoms with Gasteiger partial charge in [-0.15, -0.1) is 0 Å². The van der Waals surface area contributed by atoms with Crippen molar-refractivity contribution in [3.63, 3.8) is 0 Å². The van der Waals surface area contributed by atoms with Gasteiger partial charge in [0.1, 0.15) is 5.82 Å². The summed E-state index contributed by atoms with van der Waals surface area (Å²) in [6, 6.07) is 1.88. The quantitative estimate of drug-likeness (QED) is 0.775. The van der Waals surface area contributed by atoms with Crippen molar-refractivity contribution >= 4 is 17.7 Å². The van der Waals surface area contributed by atoms with E-state index in [1.165, 1.54) is 0 Å². The van der Waals surface area contributed by atoms with Crippen molar-refractivity contribution in [2.45, 2.75) is 32.6 Å². The van der Waals surface area contributed by atoms with E-state index in [0.29, 0.717) is 18.8 Å². The molecule has 0 unspecified atom stereocenters. The lowest BCUT2D eigenvalue weighted by Crippen LogP contribution is -2.36. The molecule has 0 saturated carbocycles. The number of rotatable bonds is 6. The lowest BCUT2D eigenvalue weighted by atomic mass is 9.97. The molecule has 0 aromatic carbocycles. The highest BCUT2D eigenvalue weighted by Gasteiger charge is 2.25. The van der Waals surface area contributed by atoms with Crippen LogP contribution in [0.3, 0.4) is 0 Å². The van der Waals surface area contributed by atoms with Crippen molar-refractivity contribution in [2.24, 2.45) is 5.92 Å². The number of hydrogen-bond donors (Lipinski definition) is 2. The second kappa shape index (κ2) is 7.07. The molecule has 0 spiro atoms. The Hall–Kier alpha value is -1.85. The molecule has 0 bridgehead atoms. The number of carbonyl (C=O) groups is 1. The molecule has 2 heterocycles. The number of nitrogens with zero attached hydrogens (tertiary/aromatic N) is 3. The van der Waals surface area contributed by atoms with E-state index < -0.39 is 5.97 Å². The second-order valence-electron chi connectivity index (χ2n) is 5.12. The maximum absolute atomic E-state index is 10.9. The Morgan fingerprint density at radius 2 is 2.25 bits per heavy atom. The number of anilines is 2. The molecular formula is C14H22N4O2. The fraction of sp³-hybridized carbons (Fsp3) is 0.643. The number of aliphatic carboxylic acids is 1. The number of piperidine rings is 1. The summed E-state index contributed by atoms with van der Waals surface area (Å²) in [5, 5.41) is 12.2. The van der Waals surface area contributed by atoms with E-state index in [-0.39, 0.29) is 5.92 Å². The molecule has 2 rings (SSSR count). The number of aromatic nitrogens is 2. The van der Waals surface area contributed by atoms with Crippen molar-refractivity contribution in [1.82, 2.24) is 9.97 Å². The first kappa shape index (κ1) is 14.6. The van der Waals surface area contributed by atoms with Gasteiger partial charge in [0.05, 0.1) is 5.92 Å². The van der Waals surface area contributed by atoms with Gasteiger partial charge in [0.25, 0.3) is 0 Å². The fourth-order valence-electron chi connectivity index (χ4n) is 2.34. The summed E-state index contributed by atoms with van der Waals surface area (Å²) in [7, 11) is 0. The highest BCUT2D eigenvalue weighted by molar-refractivity contribution is 5.70. The Morgan fingerprint density at radius 3 is 2.90 bits per heavy atom. The smallest absolute Gasteiger partial charge is 0.306 e. The standard InChI is InChI=1S/C14H22N4O2/c1-2-3-7-15-14-16-8-4-12(17-14)18-9-5-11(6-10-18)13(19)20/h4,8,11H,2-3,5-7,9-10H2,1H3,(H,19,20)(H,15,16,17). The third-order valence-electron chi connectivity index (χ3n) is 3.62. The van der Waals surface area contributed by atoms with E-state index in [4.69, 9.17) is 5.11 Å². The molecule has 1 aromatic rings. The van der Waals surface area contributed by atoms with Crippen LogP contribution in [0.15, 0.2) is 12.3 Å². The van der Waals surface area contributed by atoms with Gasteiger partial charge in [-0.2, -0.15) is 4.98 Å². The average molecular weight is 278 g/mol. The van der Waals surface area contributed by atoms with Gasteiger partial charge in [0.2, 0.25) is 5.95 Å². The van der Waals surface area contributed by atoms with Crippen LogP contribution in [0.4, 0.5) is 11.8 Å². The predicted molar refractivity (Wildman–Crippen MR) is 78.0 cm³/mol. The predicted octanol–water partition coefficient (Wildman–Crippen LogP) is 1.99. The summed E-state index contributed by atoms with van der Waals surface area (Å²) in [6.45, 7) is 4.50. The molecule has 2 N–H and O–H groups in total. The van der Waals surface area contributed by atoms with E-state index in [9.17, 15) is 4.79 Å². The summed E-state index contributed by atoms with van der Waals surface area (Å²) in [5.41, 5.74) is 0. The summed E-state index contributed by atoms with van der Waals surface area (Å²) in [6.07, 6.45) is 5.34. The van der Waals surface area contributed by atoms with Crippen molar-refractivity contribution < 1.29 is 9.90 Å². The van der Waals surface area contributed by atoms with Gasteiger partial charge in [-0.3, -0.25) is 4.79 Å². The topological polar surface area (TPSA) is 78.4 Å². The van der Waals surface area contributed by atoms with Crippen molar-refractivity contribution in [1.29, 1.82) is 0 Å². The second-order valence-corrected chi connectivity index (χ2v) is 5.12. The first-order valence-corrected chi connectivity index (χ1v) is 7.25. The van der Waals surface area contributed by atoms with Crippen LogP contribution in [-0.2, 0) is 4.79 Å². The van der Waals surface area contributed by atoms with Crippen molar-refractivity contribution in [3.05, 3.63) is 12.3 Å². The first-order valence-electron chi connectivity index (χ1n) is 7.25. The lowest BCUT2D eigenvalue weighted by molar-refractivity contribution is -0.142. The van der Waals surface area contributed by atoms with E-state index in [0.717, 1.165) is 38.3 Å². The number of hydrogen-bond acceptors (Lipinski definition) is 5. The van der Waals surface area contributed by atoms with E-state index in [1.807, 2.05) is 6.07 Å². The molecular weight excluding hydrogens is 256 g/mol. The Balaban J connectivity index is 1.92. The lowest BCUT2D eigenvalue weighted by Gasteiger charge is -2.31. The Morgan fingerprint density at radius 1 is 1.50 bits per heavy atom. The van der Waals surface area contributed by atoms with Crippen LogP contribution in [0.5, 0.6) is 0 Å². The molecule has 0 amide bonds. The molecule has 0 radical (unpaired) electrons. The molecule has 1 aliphatic rings. The zero-order valence-corrected chi connectivity index (χ0v) is 11.9. The number of unbranched alkanes of at least 4 members (excludes halogenated alkanes) is 1. The molecule has 110 valence electrons. The first-order chi connectivity index (χ1) is 9.70. The molecule has 1 aliphatic heterocycles. The van der Waals surface area contributed by atoms with Crippen LogP contribution >= 0.6 is 0 Å². The monoisotopic (exact) mass is 278 g/mol. The molecule has 20 heavy (non-hydrogen) atoms. The van der Waals surface area contributed by atoms with Gasteiger partial charge in [-0.05, 0) is 25.3 Å². The van der Waals surface area contributed by atoms with Gasteiger partial charge < -0.3 is 15.3 Å². The Labute approximate surface area is 119 Å². The number of carboxylic acid groups (broad SMARTS) is 1. The van der Waals surface area contributed by atoms with Crippen LogP contribution in [0, 0.1) is 5.92 Å². The molecule has 1 fully saturated rings. The Kier molecular flexibility index (Phi) is 5.15. The van der Waals surface area contributed by atoms with Crippen LogP contribution in [0.1, 0.15) is 32.6 Å². The third kappa shape index (κ3) is 3.82. The average Bonchev–Trinajstić information content (AvgIpc) is 2.48. The van der Waals surface area contributed by atoms with Gasteiger partial charge in [-0.25, -0.2) is 4.98 Å². The minimum absolute atomic E-state index is 0.213. The van der Waals surface area contributed by atoms with Gasteiger partial charge in [-0.1, -0.05) is 13.3 Å². The molecule has 0 atom stereocenters. The summed E-state index contributed by atoms with van der Waals surface area (Å²) in [5.74, 6) is 0.628. The van der Waals surface area contributed by atoms with E-state index in [1.54, 1.807) is 6.20 Å². The zero-order valence-electron chi connectivity index (χ0n) is 11.9. The summed E-state index contributed by atoms with van der Waals surface area (Å²) >= 11 is 0. The van der Waals surface area contributed by atoms with Crippen LogP contribution in [0.2, 0.25) is 0 Å². The third-order valence-corrected chi connectivity index (χ3v) is 3.62. The zero-order chi connectivity index (χ0) is 14.4. The van der Waals surface area contributed by atoms with Crippen molar-refractivity contribution in [3.8, 4) is 0 Å². The van der Waals surface area contributed by atoms with Gasteiger partial charge >= 0.3 is 5.97 Å². The van der Waals surface area contributed by atoms with E-state index in [2.05, 4.69) is 27.1 Å². The van der Waals surface area contributed by atoms with Crippen molar-refractivity contribution in [2.75, 3.05) is 29.9 Å². The maximum atomic E-state index is 10.9. The fourth-order valence-corrected chi connectivity index (χ4v) is 2.34. The largest absolute Gasteiger partial charge is 0.481 e. The van der Waals surface area contributed by atoms with E-state index >= 15 is 0 Å². The van der Waals surface area contributed by atoms with Gasteiger partial charge in [0.15, 0.2) is 0 Å². The minimum Gasteiger partial charge on any atom is -0.481 e. The number of carboxylic acids is 1.